The molecule has 30 heavy (non-hydrogen) atoms. The van der Waals surface area contributed by atoms with E-state index in [1.54, 1.807) is 0 Å². The van der Waals surface area contributed by atoms with Crippen LogP contribution in [0.1, 0.15) is 16.8 Å². The Morgan fingerprint density at radius 2 is 1.70 bits per heavy atom. The molecule has 0 radical (unpaired) electrons. The zero-order valence-corrected chi connectivity index (χ0v) is 17.2. The second-order valence-electron chi connectivity index (χ2n) is 7.64. The van der Waals surface area contributed by atoms with Crippen LogP contribution < -0.4 is 4.57 Å². The third kappa shape index (κ3) is 2.67. The van der Waals surface area contributed by atoms with Gasteiger partial charge in [-0.1, -0.05) is 30.3 Å². The van der Waals surface area contributed by atoms with E-state index in [9.17, 15) is 5.26 Å². The van der Waals surface area contributed by atoms with Crippen molar-refractivity contribution in [1.29, 1.82) is 5.26 Å². The van der Waals surface area contributed by atoms with E-state index in [4.69, 9.17) is 0 Å². The van der Waals surface area contributed by atoms with Gasteiger partial charge in [-0.15, -0.1) is 0 Å². The lowest BCUT2D eigenvalue weighted by Gasteiger charge is -2.12. The number of nitriles is 1. The molecule has 0 aliphatic carbocycles. The summed E-state index contributed by atoms with van der Waals surface area (Å²) in [5.41, 5.74) is 8.02. The predicted molar refractivity (Wildman–Crippen MR) is 119 cm³/mol. The minimum Gasteiger partial charge on any atom is -0.267 e. The van der Waals surface area contributed by atoms with E-state index >= 15 is 0 Å². The Kier molecular flexibility index (Phi) is 4.11. The first-order valence-electron chi connectivity index (χ1n) is 9.96. The number of para-hydroxylation sites is 1. The van der Waals surface area contributed by atoms with Crippen LogP contribution in [0.2, 0.25) is 0 Å². The maximum absolute atomic E-state index is 9.81. The van der Waals surface area contributed by atoms with Gasteiger partial charge in [0.25, 0.3) is 0 Å². The van der Waals surface area contributed by atoms with Gasteiger partial charge in [0.15, 0.2) is 5.69 Å². The van der Waals surface area contributed by atoms with E-state index in [-0.39, 0.29) is 0 Å². The van der Waals surface area contributed by atoms with Crippen LogP contribution in [0.4, 0.5) is 0 Å². The number of benzene rings is 3. The quantitative estimate of drug-likeness (QED) is 0.392. The summed E-state index contributed by atoms with van der Waals surface area (Å²) in [6, 6.07) is 27.1. The Bertz CT molecular complexity index is 1490. The van der Waals surface area contributed by atoms with Gasteiger partial charge in [0.05, 0.1) is 22.8 Å². The summed E-state index contributed by atoms with van der Waals surface area (Å²) >= 11 is 0. The number of aromatic nitrogens is 3. The summed E-state index contributed by atoms with van der Waals surface area (Å²) in [5, 5.41) is 16.7. The van der Waals surface area contributed by atoms with Gasteiger partial charge in [-0.05, 0) is 31.2 Å². The van der Waals surface area contributed by atoms with E-state index in [0.29, 0.717) is 5.56 Å². The summed E-state index contributed by atoms with van der Waals surface area (Å²) < 4.78 is 4.16. The van der Waals surface area contributed by atoms with Gasteiger partial charge in [0.2, 0.25) is 11.2 Å². The molecule has 144 valence electrons. The van der Waals surface area contributed by atoms with Crippen molar-refractivity contribution >= 4 is 21.8 Å². The van der Waals surface area contributed by atoms with Crippen LogP contribution in [0.15, 0.2) is 72.8 Å². The molecule has 0 aliphatic rings. The molecule has 0 atom stereocenters. The van der Waals surface area contributed by atoms with E-state index in [2.05, 4.69) is 66.0 Å². The highest BCUT2D eigenvalue weighted by molar-refractivity contribution is 5.94. The molecular weight excluding hydrogens is 368 g/mol. The molecule has 5 aromatic rings. The van der Waals surface area contributed by atoms with Crippen molar-refractivity contribution < 1.29 is 4.57 Å². The van der Waals surface area contributed by atoms with E-state index in [1.165, 1.54) is 0 Å². The Morgan fingerprint density at radius 1 is 0.933 bits per heavy atom. The highest BCUT2D eigenvalue weighted by Crippen LogP contribution is 2.33. The van der Waals surface area contributed by atoms with Gasteiger partial charge in [0.1, 0.15) is 0 Å². The molecule has 0 saturated carbocycles. The molecule has 0 bridgehead atoms. The van der Waals surface area contributed by atoms with Crippen LogP contribution in [0.25, 0.3) is 38.8 Å². The minimum absolute atomic E-state index is 0.635. The lowest BCUT2D eigenvalue weighted by molar-refractivity contribution is -0.574. The van der Waals surface area contributed by atoms with Crippen LogP contribution in [-0.4, -0.2) is 9.78 Å². The molecule has 5 rings (SSSR count). The topological polar surface area (TPSA) is 45.5 Å². The van der Waals surface area contributed by atoms with Gasteiger partial charge < -0.3 is 0 Å². The summed E-state index contributed by atoms with van der Waals surface area (Å²) in [6.45, 7) is 4.23. The smallest absolute Gasteiger partial charge is 0.218 e. The highest BCUT2D eigenvalue weighted by atomic mass is 15.3. The van der Waals surface area contributed by atoms with Crippen LogP contribution in [0.3, 0.4) is 0 Å². The zero-order valence-electron chi connectivity index (χ0n) is 17.2. The molecule has 0 amide bonds. The van der Waals surface area contributed by atoms with Crippen LogP contribution in [0, 0.1) is 25.2 Å². The first kappa shape index (κ1) is 18.1. The monoisotopic (exact) mass is 389 g/mol. The lowest BCUT2D eigenvalue weighted by atomic mass is 9.97. The number of hydrogen-bond donors (Lipinski definition) is 0. The standard InChI is InChI=1S/C26H21N4/c1-17-12-13-20-8-4-7-11-24(20)30(17)25-15-19(16-27)14-22(18(25)2)26-21-9-5-6-10-23(21)28-29(26)3/h4-15H,1-3H3/q+1. The second-order valence-corrected chi connectivity index (χ2v) is 7.64. The lowest BCUT2D eigenvalue weighted by Crippen LogP contribution is -2.36. The van der Waals surface area contributed by atoms with Crippen molar-refractivity contribution in [3.05, 3.63) is 89.6 Å². The first-order chi connectivity index (χ1) is 14.6. The highest BCUT2D eigenvalue weighted by Gasteiger charge is 2.23. The van der Waals surface area contributed by atoms with E-state index in [1.807, 2.05) is 48.1 Å². The number of aryl methyl sites for hydroxylation is 2. The van der Waals surface area contributed by atoms with Crippen LogP contribution >= 0.6 is 0 Å². The largest absolute Gasteiger partial charge is 0.267 e. The van der Waals surface area contributed by atoms with Crippen molar-refractivity contribution in [2.24, 2.45) is 7.05 Å². The average Bonchev–Trinajstić information content (AvgIpc) is 3.10. The number of fused-ring (bicyclic) bond motifs is 2. The summed E-state index contributed by atoms with van der Waals surface area (Å²) in [6.07, 6.45) is 0. The van der Waals surface area contributed by atoms with Crippen molar-refractivity contribution in [3.8, 4) is 23.0 Å². The number of hydrogen-bond acceptors (Lipinski definition) is 2. The van der Waals surface area contributed by atoms with Crippen LogP contribution in [0.5, 0.6) is 0 Å². The summed E-state index contributed by atoms with van der Waals surface area (Å²) in [5.74, 6) is 0. The Hall–Kier alpha value is -3.97. The van der Waals surface area contributed by atoms with Gasteiger partial charge in [-0.2, -0.15) is 14.9 Å². The van der Waals surface area contributed by atoms with Gasteiger partial charge in [0, 0.05) is 54.1 Å². The van der Waals surface area contributed by atoms with Crippen molar-refractivity contribution in [2.45, 2.75) is 13.8 Å². The van der Waals surface area contributed by atoms with Gasteiger partial charge >= 0.3 is 0 Å². The number of nitrogens with zero attached hydrogens (tertiary/aromatic N) is 4. The molecule has 0 saturated heterocycles. The molecule has 0 spiro atoms. The second kappa shape index (κ2) is 6.82. The third-order valence-electron chi connectivity index (χ3n) is 5.78. The average molecular weight is 389 g/mol. The molecular formula is C26H21N4+. The molecule has 4 nitrogen and oxygen atoms in total. The van der Waals surface area contributed by atoms with Crippen molar-refractivity contribution in [3.63, 3.8) is 0 Å². The molecule has 3 aromatic carbocycles. The molecule has 0 aliphatic heterocycles. The fourth-order valence-corrected chi connectivity index (χ4v) is 4.33. The Labute approximate surface area is 175 Å². The molecule has 2 aromatic heterocycles. The summed E-state index contributed by atoms with van der Waals surface area (Å²) in [7, 11) is 1.96. The summed E-state index contributed by atoms with van der Waals surface area (Å²) in [4.78, 5) is 0. The van der Waals surface area contributed by atoms with Crippen molar-refractivity contribution in [2.75, 3.05) is 0 Å². The first-order valence-corrected chi connectivity index (χ1v) is 9.96. The third-order valence-corrected chi connectivity index (χ3v) is 5.78. The molecule has 2 heterocycles. The van der Waals surface area contributed by atoms with E-state index in [0.717, 1.165) is 50.0 Å². The normalized spacial score (nSPS) is 11.1. The zero-order chi connectivity index (χ0) is 20.8. The molecule has 0 fully saturated rings. The maximum atomic E-state index is 9.81. The fourth-order valence-electron chi connectivity index (χ4n) is 4.33. The maximum Gasteiger partial charge on any atom is 0.218 e. The molecule has 0 unspecified atom stereocenters. The van der Waals surface area contributed by atoms with Crippen LogP contribution in [-0.2, 0) is 7.05 Å². The van der Waals surface area contributed by atoms with E-state index < -0.39 is 0 Å². The predicted octanol–water partition coefficient (Wildman–Crippen LogP) is 5.16. The SMILES string of the molecule is Cc1c(-c2c3ccccc3nn2C)cc(C#N)cc1-[n+]1c(C)ccc2ccccc21. The van der Waals surface area contributed by atoms with Gasteiger partial charge in [-0.3, -0.25) is 4.68 Å². The Morgan fingerprint density at radius 3 is 2.53 bits per heavy atom. The minimum atomic E-state index is 0.635. The number of pyridine rings is 1. The number of rotatable bonds is 2. The van der Waals surface area contributed by atoms with Gasteiger partial charge in [-0.25, -0.2) is 0 Å². The fraction of sp³-hybridized carbons (Fsp3) is 0.115. The molecule has 0 N–H and O–H groups in total. The van der Waals surface area contributed by atoms with Crippen molar-refractivity contribution in [1.82, 2.24) is 9.78 Å². The molecule has 4 heteroatoms. The Balaban J connectivity index is 1.89.